The fraction of sp³-hybridized carbons (Fsp3) is 0.300. The van der Waals surface area contributed by atoms with Crippen LogP contribution in [0.5, 0.6) is 5.75 Å². The Morgan fingerprint density at radius 3 is 2.65 bits per heavy atom. The average molecular weight is 373 g/mol. The second-order valence-corrected chi connectivity index (χ2v) is 6.86. The Kier molecular flexibility index (Phi) is 7.53. The van der Waals surface area contributed by atoms with Crippen LogP contribution >= 0.6 is 11.8 Å². The Bertz CT molecular complexity index is 776. The zero-order valence-electron chi connectivity index (χ0n) is 15.2. The zero-order chi connectivity index (χ0) is 18.9. The summed E-state index contributed by atoms with van der Waals surface area (Å²) in [5, 5.41) is 2.72. The van der Waals surface area contributed by atoms with Crippen LogP contribution < -0.4 is 10.1 Å². The van der Waals surface area contributed by atoms with Crippen molar-refractivity contribution in [3.8, 4) is 5.75 Å². The van der Waals surface area contributed by atoms with Crippen LogP contribution in [0.2, 0.25) is 0 Å². The van der Waals surface area contributed by atoms with Gasteiger partial charge in [-0.25, -0.2) is 0 Å². The summed E-state index contributed by atoms with van der Waals surface area (Å²) in [6.07, 6.45) is 0. The van der Waals surface area contributed by atoms with Gasteiger partial charge in [0.25, 0.3) is 5.91 Å². The van der Waals surface area contributed by atoms with Crippen LogP contribution in [0.4, 0.5) is 0 Å². The number of rotatable bonds is 8. The third-order valence-corrected chi connectivity index (χ3v) is 4.81. The van der Waals surface area contributed by atoms with Crippen molar-refractivity contribution in [2.75, 3.05) is 19.5 Å². The monoisotopic (exact) mass is 373 g/mol. The summed E-state index contributed by atoms with van der Waals surface area (Å²) in [6, 6.07) is 13.5. The summed E-state index contributed by atoms with van der Waals surface area (Å²) in [4.78, 5) is 24.7. The molecule has 0 saturated carbocycles. The standard InChI is InChI=1S/C20H23NO4S/c1-14-7-8-18(15(2)9-14)26-13-20(23)25-12-19(22)21-11-16-5-4-6-17(10-16)24-3/h4-10H,11-13H2,1-3H3,(H,21,22). The lowest BCUT2D eigenvalue weighted by molar-refractivity contribution is -0.145. The summed E-state index contributed by atoms with van der Waals surface area (Å²) in [5.74, 6) is 0.156. The second kappa shape index (κ2) is 9.87. The van der Waals surface area contributed by atoms with Crippen LogP contribution in [0.15, 0.2) is 47.4 Å². The molecule has 2 aromatic rings. The fourth-order valence-corrected chi connectivity index (χ4v) is 3.13. The van der Waals surface area contributed by atoms with Gasteiger partial charge in [0.1, 0.15) is 5.75 Å². The molecule has 1 amide bonds. The third kappa shape index (κ3) is 6.44. The van der Waals surface area contributed by atoms with Crippen molar-refractivity contribution < 1.29 is 19.1 Å². The first-order chi connectivity index (χ1) is 12.5. The van der Waals surface area contributed by atoms with Crippen LogP contribution in [0, 0.1) is 13.8 Å². The van der Waals surface area contributed by atoms with Crippen LogP contribution in [0.3, 0.4) is 0 Å². The Hall–Kier alpha value is -2.47. The summed E-state index contributed by atoms with van der Waals surface area (Å²) in [6.45, 7) is 4.10. The third-order valence-electron chi connectivity index (χ3n) is 3.66. The van der Waals surface area contributed by atoms with Gasteiger partial charge in [-0.2, -0.15) is 0 Å². The zero-order valence-corrected chi connectivity index (χ0v) is 16.0. The molecule has 0 saturated heterocycles. The van der Waals surface area contributed by atoms with Gasteiger partial charge in [-0.1, -0.05) is 29.8 Å². The van der Waals surface area contributed by atoms with Crippen molar-refractivity contribution >= 4 is 23.6 Å². The van der Waals surface area contributed by atoms with Gasteiger partial charge in [0.2, 0.25) is 0 Å². The molecule has 0 aliphatic rings. The Labute approximate surface area is 158 Å². The normalized spacial score (nSPS) is 10.3. The molecule has 0 atom stereocenters. The fourth-order valence-electron chi connectivity index (χ4n) is 2.32. The molecule has 0 aliphatic carbocycles. The minimum Gasteiger partial charge on any atom is -0.497 e. The van der Waals surface area contributed by atoms with Crippen LogP contribution in [0.1, 0.15) is 16.7 Å². The van der Waals surface area contributed by atoms with Gasteiger partial charge >= 0.3 is 5.97 Å². The number of carbonyl (C=O) groups is 2. The van der Waals surface area contributed by atoms with E-state index in [9.17, 15) is 9.59 Å². The molecule has 0 bridgehead atoms. The van der Waals surface area contributed by atoms with Crippen LogP contribution in [0.25, 0.3) is 0 Å². The van der Waals surface area contributed by atoms with Crippen molar-refractivity contribution in [3.05, 3.63) is 59.2 Å². The van der Waals surface area contributed by atoms with E-state index >= 15 is 0 Å². The summed E-state index contributed by atoms with van der Waals surface area (Å²) < 4.78 is 10.2. The summed E-state index contributed by atoms with van der Waals surface area (Å²) >= 11 is 1.41. The maximum Gasteiger partial charge on any atom is 0.316 e. The van der Waals surface area contributed by atoms with Crippen molar-refractivity contribution in [1.29, 1.82) is 0 Å². The van der Waals surface area contributed by atoms with Crippen LogP contribution in [-0.2, 0) is 20.9 Å². The lowest BCUT2D eigenvalue weighted by Gasteiger charge is -2.09. The van der Waals surface area contributed by atoms with E-state index < -0.39 is 5.97 Å². The van der Waals surface area contributed by atoms with Crippen molar-refractivity contribution in [1.82, 2.24) is 5.32 Å². The van der Waals surface area contributed by atoms with E-state index in [2.05, 4.69) is 11.4 Å². The first-order valence-corrected chi connectivity index (χ1v) is 9.22. The van der Waals surface area contributed by atoms with Gasteiger partial charge < -0.3 is 14.8 Å². The number of hydrogen-bond donors (Lipinski definition) is 1. The predicted molar refractivity (Wildman–Crippen MR) is 102 cm³/mol. The highest BCUT2D eigenvalue weighted by Crippen LogP contribution is 2.23. The van der Waals surface area contributed by atoms with Gasteiger partial charge in [-0.3, -0.25) is 9.59 Å². The van der Waals surface area contributed by atoms with Gasteiger partial charge in [0.15, 0.2) is 6.61 Å². The van der Waals surface area contributed by atoms with Crippen molar-refractivity contribution in [2.45, 2.75) is 25.3 Å². The smallest absolute Gasteiger partial charge is 0.316 e. The molecule has 0 fully saturated rings. The SMILES string of the molecule is COc1cccc(CNC(=O)COC(=O)CSc2ccc(C)cc2C)c1. The number of benzene rings is 2. The van der Waals surface area contributed by atoms with Crippen molar-refractivity contribution in [2.24, 2.45) is 0 Å². The maximum atomic E-state index is 11.8. The van der Waals surface area contributed by atoms with E-state index in [1.807, 2.05) is 50.2 Å². The van der Waals surface area contributed by atoms with E-state index in [-0.39, 0.29) is 18.3 Å². The first kappa shape index (κ1) is 19.8. The van der Waals surface area contributed by atoms with Gasteiger partial charge in [-0.15, -0.1) is 11.8 Å². The Balaban J connectivity index is 1.70. The molecule has 0 aliphatic heterocycles. The number of thioether (sulfide) groups is 1. The molecule has 0 spiro atoms. The predicted octanol–water partition coefficient (Wildman–Crippen LogP) is 3.26. The Morgan fingerprint density at radius 2 is 1.92 bits per heavy atom. The molecule has 0 radical (unpaired) electrons. The molecule has 2 aromatic carbocycles. The van der Waals surface area contributed by atoms with Crippen molar-refractivity contribution in [3.63, 3.8) is 0 Å². The topological polar surface area (TPSA) is 64.6 Å². The molecule has 6 heteroatoms. The lowest BCUT2D eigenvalue weighted by Crippen LogP contribution is -2.28. The van der Waals surface area contributed by atoms with Crippen LogP contribution in [-0.4, -0.2) is 31.3 Å². The number of carbonyl (C=O) groups excluding carboxylic acids is 2. The highest BCUT2D eigenvalue weighted by molar-refractivity contribution is 8.00. The molecule has 2 rings (SSSR count). The number of nitrogens with one attached hydrogen (secondary N) is 1. The molecule has 26 heavy (non-hydrogen) atoms. The molecular formula is C20H23NO4S. The number of esters is 1. The number of hydrogen-bond acceptors (Lipinski definition) is 5. The van der Waals surface area contributed by atoms with E-state index in [1.54, 1.807) is 7.11 Å². The molecule has 0 heterocycles. The summed E-state index contributed by atoms with van der Waals surface area (Å²) in [5.41, 5.74) is 3.22. The molecule has 0 unspecified atom stereocenters. The highest BCUT2D eigenvalue weighted by Gasteiger charge is 2.09. The van der Waals surface area contributed by atoms with E-state index in [0.29, 0.717) is 6.54 Å². The largest absolute Gasteiger partial charge is 0.497 e. The molecule has 1 N–H and O–H groups in total. The molecule has 0 aromatic heterocycles. The maximum absolute atomic E-state index is 11.8. The minimum absolute atomic E-state index is 0.174. The van der Waals surface area contributed by atoms with Gasteiger partial charge in [-0.05, 0) is 43.2 Å². The first-order valence-electron chi connectivity index (χ1n) is 8.23. The average Bonchev–Trinajstić information content (AvgIpc) is 2.64. The number of amides is 1. The van der Waals surface area contributed by atoms with E-state index in [1.165, 1.54) is 17.3 Å². The van der Waals surface area contributed by atoms with E-state index in [0.717, 1.165) is 21.8 Å². The molecule has 138 valence electrons. The number of methoxy groups -OCH3 is 1. The molecule has 5 nitrogen and oxygen atoms in total. The highest BCUT2D eigenvalue weighted by atomic mass is 32.2. The second-order valence-electron chi connectivity index (χ2n) is 5.85. The lowest BCUT2D eigenvalue weighted by atomic mass is 10.2. The van der Waals surface area contributed by atoms with Gasteiger partial charge in [0.05, 0.1) is 12.9 Å². The van der Waals surface area contributed by atoms with Gasteiger partial charge in [0, 0.05) is 11.4 Å². The number of ether oxygens (including phenoxy) is 2. The Morgan fingerprint density at radius 1 is 1.12 bits per heavy atom. The molecular weight excluding hydrogens is 350 g/mol. The van der Waals surface area contributed by atoms with E-state index in [4.69, 9.17) is 9.47 Å². The number of aryl methyl sites for hydroxylation is 2. The summed E-state index contributed by atoms with van der Waals surface area (Å²) in [7, 11) is 1.59. The minimum atomic E-state index is -0.411. The quantitative estimate of drug-likeness (QED) is 0.568.